The van der Waals surface area contributed by atoms with Crippen LogP contribution in [0.15, 0.2) is 36.4 Å². The van der Waals surface area contributed by atoms with Crippen LogP contribution >= 0.6 is 0 Å². The summed E-state index contributed by atoms with van der Waals surface area (Å²) >= 11 is 0. The molecule has 2 aromatic carbocycles. The second-order valence-corrected chi connectivity index (χ2v) is 10.4. The van der Waals surface area contributed by atoms with Gasteiger partial charge < -0.3 is 14.8 Å². The molecule has 0 saturated carbocycles. The molecular formula is C22H26N2O5S. The van der Waals surface area contributed by atoms with Crippen molar-refractivity contribution >= 4 is 21.6 Å². The number of benzene rings is 2. The monoisotopic (exact) mass is 430 g/mol. The van der Waals surface area contributed by atoms with Gasteiger partial charge in [0.15, 0.2) is 11.5 Å². The summed E-state index contributed by atoms with van der Waals surface area (Å²) in [6, 6.07) is 10.9. The molecule has 0 saturated heterocycles. The van der Waals surface area contributed by atoms with E-state index in [-0.39, 0.29) is 24.2 Å². The van der Waals surface area contributed by atoms with E-state index in [1.165, 1.54) is 10.6 Å². The minimum Gasteiger partial charge on any atom is -0.454 e. The molecule has 1 atom stereocenters. The second kappa shape index (κ2) is 7.19. The van der Waals surface area contributed by atoms with Crippen LogP contribution in [0.4, 0.5) is 5.69 Å². The average molecular weight is 431 g/mol. The van der Waals surface area contributed by atoms with Crippen LogP contribution in [0.5, 0.6) is 11.5 Å². The molecule has 0 spiro atoms. The van der Waals surface area contributed by atoms with Gasteiger partial charge in [0.1, 0.15) is 0 Å². The summed E-state index contributed by atoms with van der Waals surface area (Å²) in [5.41, 5.74) is 2.78. The predicted molar refractivity (Wildman–Crippen MR) is 115 cm³/mol. The number of ether oxygens (including phenoxy) is 2. The van der Waals surface area contributed by atoms with Crippen LogP contribution in [-0.2, 0) is 21.9 Å². The van der Waals surface area contributed by atoms with Gasteiger partial charge in [0.05, 0.1) is 11.9 Å². The normalized spacial score (nSPS) is 17.7. The van der Waals surface area contributed by atoms with Crippen LogP contribution < -0.4 is 19.1 Å². The Kier molecular flexibility index (Phi) is 4.92. The minimum absolute atomic E-state index is 0.154. The smallest absolute Gasteiger partial charge is 0.251 e. The van der Waals surface area contributed by atoms with Gasteiger partial charge in [0.2, 0.25) is 16.8 Å². The first-order chi connectivity index (χ1) is 14.1. The van der Waals surface area contributed by atoms with Crippen LogP contribution in [0.1, 0.15) is 42.3 Å². The third-order valence-corrected chi connectivity index (χ3v) is 6.97. The number of nitrogens with one attached hydrogen (secondary N) is 1. The Morgan fingerprint density at radius 1 is 1.17 bits per heavy atom. The van der Waals surface area contributed by atoms with Crippen molar-refractivity contribution in [2.24, 2.45) is 0 Å². The van der Waals surface area contributed by atoms with Gasteiger partial charge in [-0.05, 0) is 54.8 Å². The quantitative estimate of drug-likeness (QED) is 0.789. The van der Waals surface area contributed by atoms with E-state index in [9.17, 15) is 13.2 Å². The van der Waals surface area contributed by atoms with Crippen LogP contribution in [0.3, 0.4) is 0 Å². The van der Waals surface area contributed by atoms with Crippen molar-refractivity contribution in [2.75, 3.05) is 23.9 Å². The summed E-state index contributed by atoms with van der Waals surface area (Å²) < 4.78 is 36.4. The van der Waals surface area contributed by atoms with Gasteiger partial charge >= 0.3 is 0 Å². The molecule has 2 aliphatic rings. The van der Waals surface area contributed by atoms with Crippen molar-refractivity contribution < 1.29 is 22.7 Å². The molecule has 1 amide bonds. The van der Waals surface area contributed by atoms with E-state index in [2.05, 4.69) is 19.2 Å². The number of carbonyl (C=O) groups excluding carboxylic acids is 1. The number of anilines is 1. The number of hydrogen-bond donors (Lipinski definition) is 1. The number of fused-ring (bicyclic) bond motifs is 2. The molecule has 1 N–H and O–H groups in total. The fourth-order valence-corrected chi connectivity index (χ4v) is 5.34. The number of amides is 1. The summed E-state index contributed by atoms with van der Waals surface area (Å²) in [6.07, 6.45) is 1.80. The molecule has 0 aliphatic carbocycles. The maximum atomic E-state index is 12.8. The Balaban J connectivity index is 1.48. The summed E-state index contributed by atoms with van der Waals surface area (Å²) in [5.74, 6) is 1.27. The largest absolute Gasteiger partial charge is 0.454 e. The Labute approximate surface area is 177 Å². The minimum atomic E-state index is -3.35. The number of rotatable bonds is 5. The summed E-state index contributed by atoms with van der Waals surface area (Å²) in [7, 11) is -3.35. The molecule has 0 bridgehead atoms. The van der Waals surface area contributed by atoms with Gasteiger partial charge in [-0.1, -0.05) is 19.9 Å². The molecule has 1 unspecified atom stereocenters. The average Bonchev–Trinajstić information content (AvgIpc) is 3.27. The number of carbonyl (C=O) groups is 1. The molecule has 2 aliphatic heterocycles. The third kappa shape index (κ3) is 3.71. The molecule has 0 radical (unpaired) electrons. The highest BCUT2D eigenvalue weighted by molar-refractivity contribution is 7.92. The molecule has 2 aromatic rings. The highest BCUT2D eigenvalue weighted by atomic mass is 32.2. The van der Waals surface area contributed by atoms with Crippen LogP contribution in [0.25, 0.3) is 0 Å². The lowest BCUT2D eigenvalue weighted by atomic mass is 9.84. The maximum absolute atomic E-state index is 12.8. The highest BCUT2D eigenvalue weighted by Gasteiger charge is 2.33. The van der Waals surface area contributed by atoms with Gasteiger partial charge in [-0.15, -0.1) is 0 Å². The highest BCUT2D eigenvalue weighted by Crippen LogP contribution is 2.37. The van der Waals surface area contributed by atoms with E-state index in [0.29, 0.717) is 24.2 Å². The first-order valence-electron chi connectivity index (χ1n) is 9.87. The van der Waals surface area contributed by atoms with Crippen molar-refractivity contribution in [3.05, 3.63) is 53.1 Å². The van der Waals surface area contributed by atoms with E-state index in [1.54, 1.807) is 18.2 Å². The lowest BCUT2D eigenvalue weighted by Gasteiger charge is -2.26. The Bertz CT molecular complexity index is 1110. The zero-order valence-corrected chi connectivity index (χ0v) is 18.4. The zero-order valence-electron chi connectivity index (χ0n) is 17.6. The number of nitrogens with zero attached hydrogens (tertiary/aromatic N) is 1. The molecule has 0 aromatic heterocycles. The van der Waals surface area contributed by atoms with Gasteiger partial charge in [-0.2, -0.15) is 0 Å². The summed E-state index contributed by atoms with van der Waals surface area (Å²) in [4.78, 5) is 12.8. The molecule has 8 heteroatoms. The first kappa shape index (κ1) is 20.5. The SMILES string of the molecule is CC1Cc2cc(C(=O)NCC(C)(C)c3ccc4c(c3)OCO4)ccc2N1S(C)(=O)=O. The molecular weight excluding hydrogens is 404 g/mol. The van der Waals surface area contributed by atoms with E-state index in [1.807, 2.05) is 25.1 Å². The number of sulfonamides is 1. The lowest BCUT2D eigenvalue weighted by Crippen LogP contribution is -2.36. The molecule has 160 valence electrons. The van der Waals surface area contributed by atoms with E-state index in [0.717, 1.165) is 22.6 Å². The summed E-state index contributed by atoms with van der Waals surface area (Å²) in [5, 5.41) is 3.01. The van der Waals surface area contributed by atoms with Crippen molar-refractivity contribution in [1.29, 1.82) is 0 Å². The van der Waals surface area contributed by atoms with Gasteiger partial charge in [-0.25, -0.2) is 8.42 Å². The molecule has 0 fully saturated rings. The summed E-state index contributed by atoms with van der Waals surface area (Å²) in [6.45, 7) is 6.64. The van der Waals surface area contributed by atoms with Crippen LogP contribution in [-0.4, -0.2) is 40.0 Å². The van der Waals surface area contributed by atoms with Crippen LogP contribution in [0.2, 0.25) is 0 Å². The lowest BCUT2D eigenvalue weighted by molar-refractivity contribution is 0.0945. The topological polar surface area (TPSA) is 84.9 Å². The van der Waals surface area contributed by atoms with Crippen molar-refractivity contribution in [1.82, 2.24) is 5.32 Å². The maximum Gasteiger partial charge on any atom is 0.251 e. The van der Waals surface area contributed by atoms with E-state index < -0.39 is 10.0 Å². The Morgan fingerprint density at radius 3 is 2.63 bits per heavy atom. The van der Waals surface area contributed by atoms with Gasteiger partial charge in [-0.3, -0.25) is 9.10 Å². The van der Waals surface area contributed by atoms with Crippen molar-refractivity contribution in [3.63, 3.8) is 0 Å². The zero-order chi connectivity index (χ0) is 21.7. The Hall–Kier alpha value is -2.74. The number of hydrogen-bond acceptors (Lipinski definition) is 5. The van der Waals surface area contributed by atoms with Crippen molar-refractivity contribution in [2.45, 2.75) is 38.6 Å². The van der Waals surface area contributed by atoms with E-state index in [4.69, 9.17) is 9.47 Å². The molecule has 4 rings (SSSR count). The molecule has 7 nitrogen and oxygen atoms in total. The first-order valence-corrected chi connectivity index (χ1v) is 11.7. The standard InChI is InChI=1S/C22H26N2O5S/c1-14-9-16-10-15(5-7-18(16)24(14)30(4,26)27)21(25)23-12-22(2,3)17-6-8-19-20(11-17)29-13-28-19/h5-8,10-11,14H,9,12-13H2,1-4H3,(H,23,25). The fraction of sp³-hybridized carbons (Fsp3) is 0.409. The molecule has 2 heterocycles. The third-order valence-electron chi connectivity index (χ3n) is 5.70. The van der Waals surface area contributed by atoms with Gasteiger partial charge in [0.25, 0.3) is 5.91 Å². The second-order valence-electron chi connectivity index (χ2n) is 8.59. The van der Waals surface area contributed by atoms with Gasteiger partial charge in [0, 0.05) is 23.6 Å². The Morgan fingerprint density at radius 2 is 1.90 bits per heavy atom. The van der Waals surface area contributed by atoms with Crippen molar-refractivity contribution in [3.8, 4) is 11.5 Å². The van der Waals surface area contributed by atoms with Crippen LogP contribution in [0, 0.1) is 0 Å². The predicted octanol–water partition coefficient (Wildman–Crippen LogP) is 2.83. The fourth-order valence-electron chi connectivity index (χ4n) is 4.07. The molecule has 30 heavy (non-hydrogen) atoms. The van der Waals surface area contributed by atoms with E-state index >= 15 is 0 Å².